The fourth-order valence-electron chi connectivity index (χ4n) is 1.78. The van der Waals surface area contributed by atoms with Crippen molar-refractivity contribution in [2.45, 2.75) is 18.2 Å². The molecular weight excluding hydrogens is 365 g/mol. The van der Waals surface area contributed by atoms with E-state index < -0.39 is 10.0 Å². The molecule has 6 heteroatoms. The van der Waals surface area contributed by atoms with E-state index in [4.69, 9.17) is 0 Å². The predicted octanol–water partition coefficient (Wildman–Crippen LogP) is 2.09. The first-order valence-electron chi connectivity index (χ1n) is 5.62. The summed E-state index contributed by atoms with van der Waals surface area (Å²) in [6.45, 7) is 1.95. The van der Waals surface area contributed by atoms with Gasteiger partial charge >= 0.3 is 0 Å². The van der Waals surface area contributed by atoms with Crippen LogP contribution >= 0.6 is 22.6 Å². The Balaban J connectivity index is 2.25. The summed E-state index contributed by atoms with van der Waals surface area (Å²) in [5, 5.41) is 0. The highest BCUT2D eigenvalue weighted by Gasteiger charge is 2.43. The average Bonchev–Trinajstić information content (AvgIpc) is 3.05. The molecule has 0 unspecified atom stereocenters. The Kier molecular flexibility index (Phi) is 3.68. The van der Waals surface area contributed by atoms with Crippen molar-refractivity contribution < 1.29 is 13.2 Å². The fourth-order valence-corrected chi connectivity index (χ4v) is 3.31. The molecule has 0 spiro atoms. The average molecular weight is 379 g/mol. The van der Waals surface area contributed by atoms with Crippen LogP contribution in [0.25, 0.3) is 0 Å². The summed E-state index contributed by atoms with van der Waals surface area (Å²) in [7, 11) is -2.37. The third-order valence-corrected chi connectivity index (χ3v) is 5.70. The minimum Gasteiger partial charge on any atom is -0.273 e. The van der Waals surface area contributed by atoms with Crippen molar-refractivity contribution in [1.29, 1.82) is 0 Å². The smallest absolute Gasteiger partial charge is 0.266 e. The Morgan fingerprint density at radius 1 is 1.33 bits per heavy atom. The minimum atomic E-state index is -3.70. The molecule has 1 aliphatic carbocycles. The van der Waals surface area contributed by atoms with Crippen LogP contribution in [-0.2, 0) is 14.8 Å². The van der Waals surface area contributed by atoms with Gasteiger partial charge in [0.1, 0.15) is 0 Å². The van der Waals surface area contributed by atoms with Crippen molar-refractivity contribution in [1.82, 2.24) is 4.31 Å². The lowest BCUT2D eigenvalue weighted by Crippen LogP contribution is -2.34. The zero-order chi connectivity index (χ0) is 13.5. The van der Waals surface area contributed by atoms with E-state index in [1.165, 1.54) is 19.2 Å². The second-order valence-electron chi connectivity index (χ2n) is 4.58. The van der Waals surface area contributed by atoms with Gasteiger partial charge in [-0.25, -0.2) is 12.7 Å². The highest BCUT2D eigenvalue weighted by molar-refractivity contribution is 14.1. The second-order valence-corrected chi connectivity index (χ2v) is 7.80. The van der Waals surface area contributed by atoms with Crippen molar-refractivity contribution in [3.63, 3.8) is 0 Å². The first-order valence-corrected chi connectivity index (χ1v) is 8.14. The molecule has 0 heterocycles. The van der Waals surface area contributed by atoms with Crippen molar-refractivity contribution in [3.05, 3.63) is 27.8 Å². The van der Waals surface area contributed by atoms with Crippen LogP contribution in [0.15, 0.2) is 29.2 Å². The quantitative estimate of drug-likeness (QED) is 0.756. The molecule has 4 nitrogen and oxygen atoms in total. The van der Waals surface area contributed by atoms with E-state index >= 15 is 0 Å². The number of carbonyl (C=O) groups is 1. The molecule has 98 valence electrons. The standard InChI is InChI=1S/C12H14INO3S/c1-8-7-11(8)12(15)14(2)18(16,17)10-5-3-9(13)4-6-10/h3-6,8,11H,7H2,1-2H3/t8-,11-/m1/s1. The molecule has 0 N–H and O–H groups in total. The summed E-state index contributed by atoms with van der Waals surface area (Å²) in [6.07, 6.45) is 0.783. The van der Waals surface area contributed by atoms with Gasteiger partial charge in [-0.2, -0.15) is 0 Å². The monoisotopic (exact) mass is 379 g/mol. The minimum absolute atomic E-state index is 0.131. The van der Waals surface area contributed by atoms with Gasteiger partial charge in [-0.15, -0.1) is 0 Å². The number of amides is 1. The zero-order valence-corrected chi connectivity index (χ0v) is 13.1. The number of halogens is 1. The van der Waals surface area contributed by atoms with Crippen LogP contribution in [0, 0.1) is 15.4 Å². The number of carbonyl (C=O) groups excluding carboxylic acids is 1. The van der Waals surface area contributed by atoms with E-state index in [0.717, 1.165) is 14.3 Å². The van der Waals surface area contributed by atoms with Crippen molar-refractivity contribution in [3.8, 4) is 0 Å². The maximum Gasteiger partial charge on any atom is 0.266 e. The molecule has 0 saturated heterocycles. The molecule has 0 bridgehead atoms. The number of hydrogen-bond acceptors (Lipinski definition) is 3. The van der Waals surface area contributed by atoms with Crippen molar-refractivity contribution >= 4 is 38.5 Å². The molecule has 0 radical (unpaired) electrons. The topological polar surface area (TPSA) is 54.5 Å². The first kappa shape index (κ1) is 13.8. The Labute approximate surface area is 121 Å². The SMILES string of the molecule is C[C@@H]1C[C@H]1C(=O)N(C)S(=O)(=O)c1ccc(I)cc1. The van der Waals surface area contributed by atoms with Gasteiger partial charge in [-0.05, 0) is 59.2 Å². The molecule has 1 amide bonds. The molecule has 0 aliphatic heterocycles. The number of sulfonamides is 1. The molecular formula is C12H14INO3S. The molecule has 18 heavy (non-hydrogen) atoms. The highest BCUT2D eigenvalue weighted by Crippen LogP contribution is 2.39. The summed E-state index contributed by atoms with van der Waals surface area (Å²) >= 11 is 2.10. The largest absolute Gasteiger partial charge is 0.273 e. The van der Waals surface area contributed by atoms with Crippen LogP contribution in [0.4, 0.5) is 0 Å². The number of hydrogen-bond donors (Lipinski definition) is 0. The lowest BCUT2D eigenvalue weighted by molar-refractivity contribution is -0.127. The van der Waals surface area contributed by atoms with Crippen LogP contribution in [0.2, 0.25) is 0 Å². The summed E-state index contributed by atoms with van der Waals surface area (Å²) in [6, 6.07) is 6.48. The Hall–Kier alpha value is -0.630. The van der Waals surface area contributed by atoms with E-state index in [-0.39, 0.29) is 16.7 Å². The van der Waals surface area contributed by atoms with Crippen LogP contribution in [-0.4, -0.2) is 25.7 Å². The van der Waals surface area contributed by atoms with E-state index in [1.54, 1.807) is 12.1 Å². The molecule has 2 rings (SSSR count). The lowest BCUT2D eigenvalue weighted by Gasteiger charge is -2.17. The molecule has 1 fully saturated rings. The van der Waals surface area contributed by atoms with Gasteiger partial charge in [0.05, 0.1) is 4.90 Å². The van der Waals surface area contributed by atoms with Crippen LogP contribution in [0.1, 0.15) is 13.3 Å². The second kappa shape index (κ2) is 4.80. The van der Waals surface area contributed by atoms with E-state index in [2.05, 4.69) is 22.6 Å². The van der Waals surface area contributed by atoms with Crippen molar-refractivity contribution in [2.75, 3.05) is 7.05 Å². The molecule has 1 aliphatic rings. The van der Waals surface area contributed by atoms with E-state index in [0.29, 0.717) is 5.92 Å². The lowest BCUT2D eigenvalue weighted by atomic mass is 10.3. The van der Waals surface area contributed by atoms with Gasteiger partial charge in [0, 0.05) is 16.5 Å². The Morgan fingerprint density at radius 3 is 2.28 bits per heavy atom. The summed E-state index contributed by atoms with van der Waals surface area (Å²) in [5.41, 5.74) is 0. The molecule has 0 aromatic heterocycles. The molecule has 2 atom stereocenters. The Bertz CT molecular complexity index is 567. The normalized spacial score (nSPS) is 22.6. The third kappa shape index (κ3) is 2.54. The third-order valence-electron chi connectivity index (χ3n) is 3.21. The summed E-state index contributed by atoms with van der Waals surface area (Å²) in [5.74, 6) is -0.137. The van der Waals surface area contributed by atoms with Crippen molar-refractivity contribution in [2.24, 2.45) is 11.8 Å². The van der Waals surface area contributed by atoms with Gasteiger partial charge in [-0.3, -0.25) is 4.79 Å². The van der Waals surface area contributed by atoms with Crippen LogP contribution in [0.5, 0.6) is 0 Å². The molecule has 1 aromatic carbocycles. The number of nitrogens with zero attached hydrogens (tertiary/aromatic N) is 1. The highest BCUT2D eigenvalue weighted by atomic mass is 127. The van der Waals surface area contributed by atoms with Gasteiger partial charge in [-0.1, -0.05) is 6.92 Å². The number of rotatable bonds is 3. The van der Waals surface area contributed by atoms with Gasteiger partial charge in [0.15, 0.2) is 0 Å². The molecule has 1 aromatic rings. The van der Waals surface area contributed by atoms with E-state index in [9.17, 15) is 13.2 Å². The first-order chi connectivity index (χ1) is 8.34. The maximum absolute atomic E-state index is 12.2. The number of benzene rings is 1. The van der Waals surface area contributed by atoms with Gasteiger partial charge in [0.2, 0.25) is 5.91 Å². The maximum atomic E-state index is 12.2. The molecule has 1 saturated carbocycles. The van der Waals surface area contributed by atoms with Gasteiger partial charge < -0.3 is 0 Å². The summed E-state index contributed by atoms with van der Waals surface area (Å²) < 4.78 is 26.3. The van der Waals surface area contributed by atoms with Crippen LogP contribution < -0.4 is 0 Å². The zero-order valence-electron chi connectivity index (χ0n) is 10.1. The van der Waals surface area contributed by atoms with E-state index in [1.807, 2.05) is 6.92 Å². The van der Waals surface area contributed by atoms with Gasteiger partial charge in [0.25, 0.3) is 10.0 Å². The Morgan fingerprint density at radius 2 is 1.83 bits per heavy atom. The van der Waals surface area contributed by atoms with Crippen LogP contribution in [0.3, 0.4) is 0 Å². The summed E-state index contributed by atoms with van der Waals surface area (Å²) in [4.78, 5) is 12.1. The predicted molar refractivity (Wildman–Crippen MR) is 76.4 cm³/mol. The fraction of sp³-hybridized carbons (Fsp3) is 0.417.